The van der Waals surface area contributed by atoms with E-state index in [1.54, 1.807) is 16.7 Å². The number of rotatable bonds is 7. The average molecular weight is 333 g/mol. The van der Waals surface area contributed by atoms with Gasteiger partial charge >= 0.3 is 0 Å². The molecule has 0 aromatic carbocycles. The lowest BCUT2D eigenvalue weighted by Crippen LogP contribution is -2.48. The molecule has 21 heavy (non-hydrogen) atoms. The SMILES string of the molecule is CCSCCCNC(=O)C1CSCN1C(=O)CC(C)(C)C. The fourth-order valence-corrected chi connectivity index (χ4v) is 3.93. The van der Waals surface area contributed by atoms with E-state index in [2.05, 4.69) is 33.0 Å². The third kappa shape index (κ3) is 6.96. The number of hydrogen-bond donors (Lipinski definition) is 1. The molecule has 1 rings (SSSR count). The molecule has 122 valence electrons. The number of amides is 2. The van der Waals surface area contributed by atoms with Crippen LogP contribution in [0.5, 0.6) is 0 Å². The Kier molecular flexibility index (Phi) is 7.95. The quantitative estimate of drug-likeness (QED) is 0.728. The van der Waals surface area contributed by atoms with Gasteiger partial charge in [0.2, 0.25) is 11.8 Å². The van der Waals surface area contributed by atoms with Crippen LogP contribution in [0.2, 0.25) is 0 Å². The van der Waals surface area contributed by atoms with Gasteiger partial charge in [0.1, 0.15) is 6.04 Å². The van der Waals surface area contributed by atoms with E-state index in [4.69, 9.17) is 0 Å². The van der Waals surface area contributed by atoms with E-state index < -0.39 is 0 Å². The normalized spacial score (nSPS) is 18.9. The molecule has 2 amide bonds. The number of thioether (sulfide) groups is 2. The largest absolute Gasteiger partial charge is 0.354 e. The highest BCUT2D eigenvalue weighted by molar-refractivity contribution is 7.99. The molecule has 1 heterocycles. The van der Waals surface area contributed by atoms with Gasteiger partial charge in [0.05, 0.1) is 5.88 Å². The first-order chi connectivity index (χ1) is 9.85. The number of nitrogens with zero attached hydrogens (tertiary/aromatic N) is 1. The van der Waals surface area contributed by atoms with Gasteiger partial charge in [0.15, 0.2) is 0 Å². The van der Waals surface area contributed by atoms with E-state index in [9.17, 15) is 9.59 Å². The second-order valence-electron chi connectivity index (χ2n) is 6.46. The summed E-state index contributed by atoms with van der Waals surface area (Å²) in [6, 6.07) is -0.288. The minimum atomic E-state index is -0.288. The van der Waals surface area contributed by atoms with Crippen LogP contribution in [0.25, 0.3) is 0 Å². The maximum atomic E-state index is 12.3. The molecule has 0 aromatic heterocycles. The van der Waals surface area contributed by atoms with Crippen LogP contribution >= 0.6 is 23.5 Å². The summed E-state index contributed by atoms with van der Waals surface area (Å²) in [6.07, 6.45) is 1.48. The zero-order chi connectivity index (χ0) is 15.9. The molecule has 4 nitrogen and oxygen atoms in total. The third-order valence-electron chi connectivity index (χ3n) is 3.16. The van der Waals surface area contributed by atoms with Gasteiger partial charge in [-0.15, -0.1) is 11.8 Å². The molecule has 1 aliphatic rings. The highest BCUT2D eigenvalue weighted by Gasteiger charge is 2.35. The van der Waals surface area contributed by atoms with Gasteiger partial charge in [-0.1, -0.05) is 27.7 Å². The fraction of sp³-hybridized carbons (Fsp3) is 0.867. The van der Waals surface area contributed by atoms with Crippen molar-refractivity contribution >= 4 is 35.3 Å². The van der Waals surface area contributed by atoms with Crippen LogP contribution in [-0.4, -0.2) is 52.4 Å². The molecule has 0 aromatic rings. The average Bonchev–Trinajstić information content (AvgIpc) is 2.85. The van der Waals surface area contributed by atoms with Crippen LogP contribution in [-0.2, 0) is 9.59 Å². The molecule has 1 saturated heterocycles. The van der Waals surface area contributed by atoms with E-state index in [0.717, 1.165) is 17.9 Å². The molecule has 1 unspecified atom stereocenters. The Morgan fingerprint density at radius 3 is 2.71 bits per heavy atom. The third-order valence-corrected chi connectivity index (χ3v) is 5.15. The van der Waals surface area contributed by atoms with Gasteiger partial charge < -0.3 is 10.2 Å². The number of carbonyl (C=O) groups is 2. The van der Waals surface area contributed by atoms with Crippen molar-refractivity contribution in [3.63, 3.8) is 0 Å². The Labute approximate surface area is 137 Å². The summed E-state index contributed by atoms with van der Waals surface area (Å²) in [6.45, 7) is 8.99. The van der Waals surface area contributed by atoms with Crippen molar-refractivity contribution in [1.82, 2.24) is 10.2 Å². The van der Waals surface area contributed by atoms with E-state index in [1.807, 2.05) is 11.8 Å². The Morgan fingerprint density at radius 2 is 2.10 bits per heavy atom. The van der Waals surface area contributed by atoms with Gasteiger partial charge in [-0.3, -0.25) is 9.59 Å². The molecule has 1 N–H and O–H groups in total. The standard InChI is InChI=1S/C15H28N2O2S2/c1-5-20-8-6-7-16-14(19)12-10-21-11-17(12)13(18)9-15(2,3)4/h12H,5-11H2,1-4H3,(H,16,19). The van der Waals surface area contributed by atoms with Crippen LogP contribution in [0.3, 0.4) is 0 Å². The summed E-state index contributed by atoms with van der Waals surface area (Å²) >= 11 is 3.54. The zero-order valence-corrected chi connectivity index (χ0v) is 15.2. The number of hydrogen-bond acceptors (Lipinski definition) is 4. The van der Waals surface area contributed by atoms with E-state index in [0.29, 0.717) is 24.6 Å². The zero-order valence-electron chi connectivity index (χ0n) is 13.6. The lowest BCUT2D eigenvalue weighted by Gasteiger charge is -2.26. The molecular weight excluding hydrogens is 304 g/mol. The molecule has 0 radical (unpaired) electrons. The maximum absolute atomic E-state index is 12.3. The highest BCUT2D eigenvalue weighted by atomic mass is 32.2. The molecule has 6 heteroatoms. The second-order valence-corrected chi connectivity index (χ2v) is 8.85. The summed E-state index contributed by atoms with van der Waals surface area (Å²) in [5, 5.41) is 2.97. The molecule has 0 aliphatic carbocycles. The van der Waals surface area contributed by atoms with Crippen LogP contribution in [0.15, 0.2) is 0 Å². The summed E-state index contributed by atoms with van der Waals surface area (Å²) < 4.78 is 0. The summed E-state index contributed by atoms with van der Waals surface area (Å²) in [4.78, 5) is 26.3. The maximum Gasteiger partial charge on any atom is 0.243 e. The van der Waals surface area contributed by atoms with Crippen molar-refractivity contribution in [2.45, 2.75) is 46.6 Å². The van der Waals surface area contributed by atoms with Crippen molar-refractivity contribution < 1.29 is 9.59 Å². The lowest BCUT2D eigenvalue weighted by molar-refractivity contribution is -0.139. The Hall–Kier alpha value is -0.360. The molecule has 0 spiro atoms. The second kappa shape index (κ2) is 8.93. The summed E-state index contributed by atoms with van der Waals surface area (Å²) in [7, 11) is 0. The predicted molar refractivity (Wildman–Crippen MR) is 92.7 cm³/mol. The van der Waals surface area contributed by atoms with E-state index >= 15 is 0 Å². The molecular formula is C15H28N2O2S2. The fourth-order valence-electron chi connectivity index (χ4n) is 2.11. The van der Waals surface area contributed by atoms with Crippen molar-refractivity contribution in [3.8, 4) is 0 Å². The first-order valence-corrected chi connectivity index (χ1v) is 9.89. The first kappa shape index (κ1) is 18.7. The monoisotopic (exact) mass is 332 g/mol. The van der Waals surface area contributed by atoms with Crippen LogP contribution in [0.4, 0.5) is 0 Å². The lowest BCUT2D eigenvalue weighted by atomic mass is 9.91. The Bertz CT molecular complexity index is 356. The summed E-state index contributed by atoms with van der Waals surface area (Å²) in [5.41, 5.74) is -0.0389. The van der Waals surface area contributed by atoms with E-state index in [1.165, 1.54) is 0 Å². The van der Waals surface area contributed by atoms with E-state index in [-0.39, 0.29) is 23.3 Å². The number of carbonyl (C=O) groups excluding carboxylic acids is 2. The van der Waals surface area contributed by atoms with Crippen LogP contribution < -0.4 is 5.32 Å². The molecule has 0 saturated carbocycles. The molecule has 0 bridgehead atoms. The minimum absolute atomic E-state index is 0.00348. The van der Waals surface area contributed by atoms with Crippen molar-refractivity contribution in [3.05, 3.63) is 0 Å². The van der Waals surface area contributed by atoms with Gasteiger partial charge in [-0.2, -0.15) is 11.8 Å². The predicted octanol–water partition coefficient (Wildman–Crippen LogP) is 2.58. The Morgan fingerprint density at radius 1 is 1.38 bits per heavy atom. The van der Waals surface area contributed by atoms with Crippen molar-refractivity contribution in [1.29, 1.82) is 0 Å². The van der Waals surface area contributed by atoms with Crippen LogP contribution in [0.1, 0.15) is 40.5 Å². The summed E-state index contributed by atoms with van der Waals surface area (Å²) in [5.74, 6) is 3.63. The minimum Gasteiger partial charge on any atom is -0.354 e. The number of nitrogens with one attached hydrogen (secondary N) is 1. The topological polar surface area (TPSA) is 49.4 Å². The highest BCUT2D eigenvalue weighted by Crippen LogP contribution is 2.26. The van der Waals surface area contributed by atoms with Crippen LogP contribution in [0, 0.1) is 5.41 Å². The van der Waals surface area contributed by atoms with Crippen molar-refractivity contribution in [2.24, 2.45) is 5.41 Å². The Balaban J connectivity index is 2.41. The van der Waals surface area contributed by atoms with Gasteiger partial charge in [0.25, 0.3) is 0 Å². The van der Waals surface area contributed by atoms with Gasteiger partial charge in [-0.25, -0.2) is 0 Å². The molecule has 1 fully saturated rings. The first-order valence-electron chi connectivity index (χ1n) is 7.58. The van der Waals surface area contributed by atoms with Crippen molar-refractivity contribution in [2.75, 3.05) is 29.7 Å². The molecule has 1 aliphatic heterocycles. The molecule has 1 atom stereocenters. The van der Waals surface area contributed by atoms with Gasteiger partial charge in [-0.05, 0) is 23.3 Å². The van der Waals surface area contributed by atoms with Gasteiger partial charge in [0, 0.05) is 18.7 Å². The smallest absolute Gasteiger partial charge is 0.243 e.